The Morgan fingerprint density at radius 2 is 2.12 bits per heavy atom. The van der Waals surface area contributed by atoms with Crippen LogP contribution >= 0.6 is 11.6 Å². The van der Waals surface area contributed by atoms with Crippen LogP contribution in [0.5, 0.6) is 0 Å². The molecule has 2 heterocycles. The minimum Gasteiger partial charge on any atom is -0.340 e. The third-order valence-electron chi connectivity index (χ3n) is 4.83. The SMILES string of the molecule is CN1CC(N2CC(F)(F)C[C@H]2CN(C)C(=O)c2cccc(Cl)c2)C1. The number of likely N-dealkylation sites (N-methyl/N-ethyl adjacent to an activating group) is 2. The first kappa shape index (κ1) is 17.6. The van der Waals surface area contributed by atoms with Gasteiger partial charge in [0.1, 0.15) is 0 Å². The van der Waals surface area contributed by atoms with Crippen LogP contribution in [0.15, 0.2) is 24.3 Å². The number of benzene rings is 1. The van der Waals surface area contributed by atoms with E-state index < -0.39 is 5.92 Å². The lowest BCUT2D eigenvalue weighted by Crippen LogP contribution is -2.60. The average molecular weight is 358 g/mol. The highest BCUT2D eigenvalue weighted by molar-refractivity contribution is 6.30. The standard InChI is InChI=1S/C17H22ClF2N3O/c1-21-8-15(9-21)23-11-17(19,20)7-14(23)10-22(2)16(24)12-4-3-5-13(18)6-12/h3-6,14-15H,7-11H2,1-2H3/t14-/m0/s1. The Morgan fingerprint density at radius 1 is 1.42 bits per heavy atom. The Morgan fingerprint density at radius 3 is 2.75 bits per heavy atom. The fourth-order valence-electron chi connectivity index (χ4n) is 3.64. The monoisotopic (exact) mass is 357 g/mol. The van der Waals surface area contributed by atoms with E-state index in [0.29, 0.717) is 17.1 Å². The molecule has 2 aliphatic rings. The topological polar surface area (TPSA) is 26.8 Å². The molecule has 2 saturated heterocycles. The van der Waals surface area contributed by atoms with Gasteiger partial charge in [-0.2, -0.15) is 0 Å². The second kappa shape index (κ2) is 6.58. The summed E-state index contributed by atoms with van der Waals surface area (Å²) in [6.45, 7) is 1.69. The predicted octanol–water partition coefficient (Wildman–Crippen LogP) is 2.44. The molecule has 0 spiro atoms. The highest BCUT2D eigenvalue weighted by Crippen LogP contribution is 2.35. The van der Waals surface area contributed by atoms with Crippen LogP contribution in [0.25, 0.3) is 0 Å². The summed E-state index contributed by atoms with van der Waals surface area (Å²) < 4.78 is 27.8. The van der Waals surface area contributed by atoms with Crippen molar-refractivity contribution in [3.8, 4) is 0 Å². The van der Waals surface area contributed by atoms with Gasteiger partial charge in [-0.1, -0.05) is 17.7 Å². The van der Waals surface area contributed by atoms with Gasteiger partial charge in [-0.25, -0.2) is 8.78 Å². The van der Waals surface area contributed by atoms with Gasteiger partial charge in [-0.15, -0.1) is 0 Å². The molecular formula is C17H22ClF2N3O. The second-order valence-corrected chi connectivity index (χ2v) is 7.39. The summed E-state index contributed by atoms with van der Waals surface area (Å²) in [5, 5.41) is 0.487. The maximum Gasteiger partial charge on any atom is 0.262 e. The van der Waals surface area contributed by atoms with Crippen LogP contribution in [-0.2, 0) is 0 Å². The molecule has 1 amide bonds. The Kier molecular flexibility index (Phi) is 4.82. The Hall–Kier alpha value is -1.24. The maximum atomic E-state index is 13.9. The smallest absolute Gasteiger partial charge is 0.262 e. The first-order valence-electron chi connectivity index (χ1n) is 8.08. The van der Waals surface area contributed by atoms with Crippen LogP contribution in [0.3, 0.4) is 0 Å². The van der Waals surface area contributed by atoms with Crippen molar-refractivity contribution < 1.29 is 13.6 Å². The normalized spacial score (nSPS) is 24.8. The van der Waals surface area contributed by atoms with Crippen molar-refractivity contribution in [3.05, 3.63) is 34.9 Å². The van der Waals surface area contributed by atoms with Crippen molar-refractivity contribution in [2.24, 2.45) is 0 Å². The minimum absolute atomic E-state index is 0.156. The molecule has 3 rings (SSSR count). The molecule has 1 atom stereocenters. The highest BCUT2D eigenvalue weighted by atomic mass is 35.5. The Labute approximate surface area is 146 Å². The molecule has 0 aliphatic carbocycles. The Bertz CT molecular complexity index is 622. The number of rotatable bonds is 4. The number of amides is 1. The van der Waals surface area contributed by atoms with Gasteiger partial charge in [0.15, 0.2) is 0 Å². The van der Waals surface area contributed by atoms with Gasteiger partial charge in [0.25, 0.3) is 11.8 Å². The summed E-state index contributed by atoms with van der Waals surface area (Å²) in [6, 6.07) is 6.54. The fraction of sp³-hybridized carbons (Fsp3) is 0.588. The van der Waals surface area contributed by atoms with Crippen LogP contribution in [0, 0.1) is 0 Å². The van der Waals surface area contributed by atoms with Crippen molar-refractivity contribution in [2.75, 3.05) is 40.3 Å². The summed E-state index contributed by atoms with van der Waals surface area (Å²) in [7, 11) is 3.64. The lowest BCUT2D eigenvalue weighted by Gasteiger charge is -2.44. The molecule has 24 heavy (non-hydrogen) atoms. The molecule has 4 nitrogen and oxygen atoms in total. The fourth-order valence-corrected chi connectivity index (χ4v) is 3.83. The number of carbonyl (C=O) groups excluding carboxylic acids is 1. The largest absolute Gasteiger partial charge is 0.340 e. The molecule has 2 aliphatic heterocycles. The lowest BCUT2D eigenvalue weighted by molar-refractivity contribution is -0.00983. The van der Waals surface area contributed by atoms with E-state index in [1.807, 2.05) is 11.9 Å². The first-order valence-corrected chi connectivity index (χ1v) is 8.46. The van der Waals surface area contributed by atoms with Crippen molar-refractivity contribution in [3.63, 3.8) is 0 Å². The van der Waals surface area contributed by atoms with Crippen molar-refractivity contribution >= 4 is 17.5 Å². The van der Waals surface area contributed by atoms with E-state index in [-0.39, 0.29) is 31.0 Å². The molecule has 0 saturated carbocycles. The van der Waals surface area contributed by atoms with Crippen molar-refractivity contribution in [1.29, 1.82) is 0 Å². The number of likely N-dealkylation sites (tertiary alicyclic amines) is 2. The third-order valence-corrected chi connectivity index (χ3v) is 5.07. The highest BCUT2D eigenvalue weighted by Gasteiger charge is 2.49. The van der Waals surface area contributed by atoms with Gasteiger partial charge in [0.2, 0.25) is 0 Å². The molecule has 7 heteroatoms. The van der Waals surface area contributed by atoms with Crippen LogP contribution in [0.4, 0.5) is 8.78 Å². The second-order valence-electron chi connectivity index (χ2n) is 6.96. The van der Waals surface area contributed by atoms with Crippen LogP contribution < -0.4 is 0 Å². The zero-order chi connectivity index (χ0) is 17.5. The molecule has 0 N–H and O–H groups in total. The first-order chi connectivity index (χ1) is 11.2. The van der Waals surface area contributed by atoms with E-state index in [1.165, 1.54) is 4.90 Å². The van der Waals surface area contributed by atoms with Gasteiger partial charge in [-0.05, 0) is 25.2 Å². The molecule has 1 aromatic carbocycles. The molecule has 0 unspecified atom stereocenters. The number of halogens is 3. The number of hydrogen-bond acceptors (Lipinski definition) is 3. The average Bonchev–Trinajstić information content (AvgIpc) is 2.77. The van der Waals surface area contributed by atoms with Gasteiger partial charge >= 0.3 is 0 Å². The maximum absolute atomic E-state index is 13.9. The van der Waals surface area contributed by atoms with Crippen molar-refractivity contribution in [1.82, 2.24) is 14.7 Å². The third kappa shape index (κ3) is 3.71. The summed E-state index contributed by atoms with van der Waals surface area (Å²) in [4.78, 5) is 18.0. The van der Waals surface area contributed by atoms with E-state index in [9.17, 15) is 13.6 Å². The van der Waals surface area contributed by atoms with Crippen LogP contribution in [-0.4, -0.2) is 78.9 Å². The zero-order valence-corrected chi connectivity index (χ0v) is 14.6. The lowest BCUT2D eigenvalue weighted by atomic mass is 10.1. The molecule has 0 bridgehead atoms. The summed E-state index contributed by atoms with van der Waals surface area (Å²) in [5.41, 5.74) is 0.477. The van der Waals surface area contributed by atoms with E-state index in [0.717, 1.165) is 13.1 Å². The molecule has 2 fully saturated rings. The number of carbonyl (C=O) groups is 1. The molecule has 1 aromatic rings. The van der Waals surface area contributed by atoms with Gasteiger partial charge in [-0.3, -0.25) is 9.69 Å². The number of alkyl halides is 2. The summed E-state index contributed by atoms with van der Waals surface area (Å²) in [5.74, 6) is -2.88. The molecular weight excluding hydrogens is 336 g/mol. The van der Waals surface area contributed by atoms with E-state index in [4.69, 9.17) is 11.6 Å². The Balaban J connectivity index is 1.67. The molecule has 0 aromatic heterocycles. The molecule has 132 valence electrons. The van der Waals surface area contributed by atoms with Crippen molar-refractivity contribution in [2.45, 2.75) is 24.4 Å². The van der Waals surface area contributed by atoms with Gasteiger partial charge < -0.3 is 9.80 Å². The summed E-state index contributed by atoms with van der Waals surface area (Å²) in [6.07, 6.45) is -0.194. The minimum atomic E-state index is -2.68. The number of nitrogens with zero attached hydrogens (tertiary/aromatic N) is 3. The van der Waals surface area contributed by atoms with Crippen LogP contribution in [0.2, 0.25) is 5.02 Å². The number of hydrogen-bond donors (Lipinski definition) is 0. The zero-order valence-electron chi connectivity index (χ0n) is 13.9. The predicted molar refractivity (Wildman–Crippen MR) is 89.8 cm³/mol. The quantitative estimate of drug-likeness (QED) is 0.828. The van der Waals surface area contributed by atoms with Gasteiger partial charge in [0, 0.05) is 55.8 Å². The van der Waals surface area contributed by atoms with Crippen LogP contribution in [0.1, 0.15) is 16.8 Å². The summed E-state index contributed by atoms with van der Waals surface area (Å²) >= 11 is 5.92. The van der Waals surface area contributed by atoms with Gasteiger partial charge in [0.05, 0.1) is 6.54 Å². The van der Waals surface area contributed by atoms with E-state index in [1.54, 1.807) is 31.3 Å². The molecule has 0 radical (unpaired) electrons. The van der Waals surface area contributed by atoms with E-state index in [2.05, 4.69) is 4.90 Å². The van der Waals surface area contributed by atoms with E-state index >= 15 is 0 Å².